The third kappa shape index (κ3) is 5.96. The minimum Gasteiger partial charge on any atom is -0.309 e. The first-order chi connectivity index (χ1) is 12.4. The van der Waals surface area contributed by atoms with Gasteiger partial charge in [0.05, 0.1) is 16.3 Å². The number of alkyl halides is 6. The molecule has 1 amide bonds. The van der Waals surface area contributed by atoms with E-state index < -0.39 is 40.3 Å². The SMILES string of the molecule is Cc1cc(C(F)(F)F)nc(SCC(=O)Nc2ncc(C(F)(F)F)cc2Cl)n1. The summed E-state index contributed by atoms with van der Waals surface area (Å²) >= 11 is 6.28. The topological polar surface area (TPSA) is 67.8 Å². The molecule has 0 atom stereocenters. The van der Waals surface area contributed by atoms with Gasteiger partial charge in [0, 0.05) is 11.9 Å². The van der Waals surface area contributed by atoms with Gasteiger partial charge < -0.3 is 5.32 Å². The van der Waals surface area contributed by atoms with Crippen LogP contribution >= 0.6 is 23.4 Å². The van der Waals surface area contributed by atoms with Crippen LogP contribution in [0.4, 0.5) is 32.2 Å². The van der Waals surface area contributed by atoms with Crippen LogP contribution in [0.3, 0.4) is 0 Å². The lowest BCUT2D eigenvalue weighted by Crippen LogP contribution is -2.17. The van der Waals surface area contributed by atoms with Crippen LogP contribution in [0.15, 0.2) is 23.5 Å². The number of amides is 1. The van der Waals surface area contributed by atoms with E-state index in [-0.39, 0.29) is 16.7 Å². The van der Waals surface area contributed by atoms with Crippen LogP contribution in [-0.4, -0.2) is 26.6 Å². The Labute approximate surface area is 157 Å². The van der Waals surface area contributed by atoms with Crippen LogP contribution in [0.1, 0.15) is 17.0 Å². The van der Waals surface area contributed by atoms with E-state index in [0.29, 0.717) is 24.0 Å². The molecule has 1 N–H and O–H groups in total. The standard InChI is InChI=1S/C14H9ClF6N4OS/c1-6-2-9(14(19,20)21)24-12(23-6)27-5-10(26)25-11-8(15)3-7(4-22-11)13(16,17)18/h2-4H,5H2,1H3,(H,22,25,26). The zero-order valence-corrected chi connectivity index (χ0v) is 14.8. The molecule has 0 saturated carbocycles. The minimum absolute atomic E-state index is 0.0627. The zero-order valence-electron chi connectivity index (χ0n) is 13.2. The van der Waals surface area contributed by atoms with Crippen LogP contribution in [0.2, 0.25) is 5.02 Å². The largest absolute Gasteiger partial charge is 0.433 e. The molecule has 5 nitrogen and oxygen atoms in total. The van der Waals surface area contributed by atoms with E-state index in [1.54, 1.807) is 0 Å². The van der Waals surface area contributed by atoms with E-state index in [2.05, 4.69) is 20.3 Å². The fraction of sp³-hybridized carbons (Fsp3) is 0.286. The second-order valence-electron chi connectivity index (χ2n) is 5.06. The van der Waals surface area contributed by atoms with Crippen molar-refractivity contribution in [2.75, 3.05) is 11.1 Å². The highest BCUT2D eigenvalue weighted by Crippen LogP contribution is 2.32. The summed E-state index contributed by atoms with van der Waals surface area (Å²) in [4.78, 5) is 22.4. The summed E-state index contributed by atoms with van der Waals surface area (Å²) in [5.74, 6) is -1.47. The van der Waals surface area contributed by atoms with Gasteiger partial charge >= 0.3 is 12.4 Å². The number of rotatable bonds is 4. The van der Waals surface area contributed by atoms with E-state index >= 15 is 0 Å². The number of anilines is 1. The molecular weight excluding hydrogens is 422 g/mol. The Morgan fingerprint density at radius 3 is 2.37 bits per heavy atom. The molecule has 146 valence electrons. The lowest BCUT2D eigenvalue weighted by Gasteiger charge is -2.10. The quantitative estimate of drug-likeness (QED) is 0.436. The third-order valence-electron chi connectivity index (χ3n) is 2.88. The molecule has 13 heteroatoms. The average Bonchev–Trinajstić information content (AvgIpc) is 2.52. The van der Waals surface area contributed by atoms with E-state index in [0.717, 1.165) is 6.07 Å². The number of hydrogen-bond acceptors (Lipinski definition) is 5. The van der Waals surface area contributed by atoms with Gasteiger partial charge in [-0.3, -0.25) is 4.79 Å². The Morgan fingerprint density at radius 2 is 1.81 bits per heavy atom. The first kappa shape index (κ1) is 21.2. The number of carbonyl (C=O) groups is 1. The Balaban J connectivity index is 2.04. The maximum atomic E-state index is 12.7. The number of aryl methyl sites for hydroxylation is 1. The monoisotopic (exact) mass is 430 g/mol. The molecule has 2 rings (SSSR count). The fourth-order valence-corrected chi connectivity index (χ4v) is 2.65. The molecular formula is C14H9ClF6N4OS. The average molecular weight is 431 g/mol. The number of carbonyl (C=O) groups excluding carboxylic acids is 1. The summed E-state index contributed by atoms with van der Waals surface area (Å²) in [6.45, 7) is 1.34. The van der Waals surface area contributed by atoms with E-state index in [1.807, 2.05) is 0 Å². The van der Waals surface area contributed by atoms with Gasteiger partial charge in [0.25, 0.3) is 0 Å². The number of aromatic nitrogens is 3. The predicted octanol–water partition coefficient (Wildman–Crippen LogP) is 4.60. The van der Waals surface area contributed by atoms with Crippen molar-refractivity contribution in [3.8, 4) is 0 Å². The summed E-state index contributed by atoms with van der Waals surface area (Å²) in [6.07, 6.45) is -8.81. The first-order valence-corrected chi connectivity index (χ1v) is 8.31. The van der Waals surface area contributed by atoms with Gasteiger partial charge in [0.1, 0.15) is 5.69 Å². The molecule has 0 saturated heterocycles. The number of pyridine rings is 1. The van der Waals surface area contributed by atoms with Gasteiger partial charge in [-0.25, -0.2) is 15.0 Å². The lowest BCUT2D eigenvalue weighted by molar-refractivity contribution is -0.141. The van der Waals surface area contributed by atoms with Crippen LogP contribution < -0.4 is 5.32 Å². The Hall–Kier alpha value is -2.08. The molecule has 0 fully saturated rings. The molecule has 27 heavy (non-hydrogen) atoms. The van der Waals surface area contributed by atoms with E-state index in [4.69, 9.17) is 11.6 Å². The lowest BCUT2D eigenvalue weighted by atomic mass is 10.3. The second-order valence-corrected chi connectivity index (χ2v) is 6.41. The Kier molecular flexibility index (Phi) is 6.20. The molecule has 0 aliphatic heterocycles. The highest BCUT2D eigenvalue weighted by Gasteiger charge is 2.33. The molecule has 0 aliphatic carbocycles. The summed E-state index contributed by atoms with van der Waals surface area (Å²) in [5, 5.41) is 1.46. The van der Waals surface area contributed by atoms with Crippen LogP contribution in [0.5, 0.6) is 0 Å². The highest BCUT2D eigenvalue weighted by molar-refractivity contribution is 7.99. The van der Waals surface area contributed by atoms with Gasteiger partial charge in [-0.05, 0) is 19.1 Å². The van der Waals surface area contributed by atoms with Crippen molar-refractivity contribution < 1.29 is 31.1 Å². The predicted molar refractivity (Wildman–Crippen MR) is 85.4 cm³/mol. The smallest absolute Gasteiger partial charge is 0.309 e. The van der Waals surface area contributed by atoms with E-state index in [1.165, 1.54) is 6.92 Å². The number of hydrogen-bond donors (Lipinski definition) is 1. The molecule has 0 radical (unpaired) electrons. The summed E-state index contributed by atoms with van der Waals surface area (Å²) in [5.41, 5.74) is -2.18. The molecule has 0 unspecified atom stereocenters. The van der Waals surface area contributed by atoms with Gasteiger partial charge in [-0.1, -0.05) is 23.4 Å². The molecule has 0 spiro atoms. The van der Waals surface area contributed by atoms with Crippen LogP contribution in [0.25, 0.3) is 0 Å². The highest BCUT2D eigenvalue weighted by atomic mass is 35.5. The maximum Gasteiger partial charge on any atom is 0.433 e. The second kappa shape index (κ2) is 7.89. The summed E-state index contributed by atoms with van der Waals surface area (Å²) in [6, 6.07) is 1.35. The van der Waals surface area contributed by atoms with E-state index in [9.17, 15) is 31.1 Å². The molecule has 2 aromatic heterocycles. The number of nitrogens with one attached hydrogen (secondary N) is 1. The van der Waals surface area contributed by atoms with Crippen molar-refractivity contribution >= 4 is 35.1 Å². The first-order valence-electron chi connectivity index (χ1n) is 6.94. The van der Waals surface area contributed by atoms with Crippen molar-refractivity contribution in [1.82, 2.24) is 15.0 Å². The van der Waals surface area contributed by atoms with Gasteiger partial charge in [-0.2, -0.15) is 26.3 Å². The molecule has 0 bridgehead atoms. The molecule has 2 aromatic rings. The number of nitrogens with zero attached hydrogens (tertiary/aromatic N) is 3. The summed E-state index contributed by atoms with van der Waals surface area (Å²) in [7, 11) is 0. The Bertz CT molecular complexity index is 858. The minimum atomic E-state index is -4.66. The normalized spacial score (nSPS) is 12.1. The third-order valence-corrected chi connectivity index (χ3v) is 4.02. The Morgan fingerprint density at radius 1 is 1.15 bits per heavy atom. The van der Waals surface area contributed by atoms with Crippen LogP contribution in [-0.2, 0) is 17.1 Å². The van der Waals surface area contributed by atoms with Crippen molar-refractivity contribution in [2.45, 2.75) is 24.4 Å². The van der Waals surface area contributed by atoms with Crippen molar-refractivity contribution in [3.05, 3.63) is 40.3 Å². The van der Waals surface area contributed by atoms with Crippen molar-refractivity contribution in [3.63, 3.8) is 0 Å². The van der Waals surface area contributed by atoms with Gasteiger partial charge in [0.2, 0.25) is 5.91 Å². The molecule has 2 heterocycles. The number of thioether (sulfide) groups is 1. The summed E-state index contributed by atoms with van der Waals surface area (Å²) < 4.78 is 75.7. The van der Waals surface area contributed by atoms with Crippen molar-refractivity contribution in [2.24, 2.45) is 0 Å². The fourth-order valence-electron chi connectivity index (χ4n) is 1.73. The number of halogens is 7. The zero-order chi connectivity index (χ0) is 20.4. The van der Waals surface area contributed by atoms with Gasteiger partial charge in [-0.15, -0.1) is 0 Å². The van der Waals surface area contributed by atoms with Crippen molar-refractivity contribution in [1.29, 1.82) is 0 Å². The maximum absolute atomic E-state index is 12.7. The van der Waals surface area contributed by atoms with Gasteiger partial charge in [0.15, 0.2) is 11.0 Å². The van der Waals surface area contributed by atoms with Crippen LogP contribution in [0, 0.1) is 6.92 Å². The molecule has 0 aliphatic rings. The molecule has 0 aromatic carbocycles.